The third-order valence-electron chi connectivity index (χ3n) is 5.48. The molecule has 0 saturated carbocycles. The van der Waals surface area contributed by atoms with Crippen molar-refractivity contribution in [1.29, 1.82) is 0 Å². The Labute approximate surface area is 178 Å². The highest BCUT2D eigenvalue weighted by atomic mass is 35.5. The van der Waals surface area contributed by atoms with Crippen molar-refractivity contribution in [1.82, 2.24) is 4.90 Å². The maximum absolute atomic E-state index is 13.5. The van der Waals surface area contributed by atoms with Gasteiger partial charge in [0.25, 0.3) is 0 Å². The van der Waals surface area contributed by atoms with E-state index in [0.29, 0.717) is 31.1 Å². The Morgan fingerprint density at radius 3 is 2.59 bits per heavy atom. The number of cyclic esters (lactones) is 1. The molecule has 0 aliphatic carbocycles. The number of rotatable bonds is 5. The van der Waals surface area contributed by atoms with Gasteiger partial charge in [-0.1, -0.05) is 31.5 Å². The van der Waals surface area contributed by atoms with Crippen molar-refractivity contribution >= 4 is 29.2 Å². The third kappa shape index (κ3) is 5.04. The Morgan fingerprint density at radius 1 is 1.31 bits per heavy atom. The first-order valence-electron chi connectivity index (χ1n) is 10.3. The second-order valence-electron chi connectivity index (χ2n) is 8.90. The number of nitrogens with zero attached hydrogens (tertiary/aromatic N) is 2. The van der Waals surface area contributed by atoms with Crippen molar-refractivity contribution in [3.63, 3.8) is 0 Å². The minimum Gasteiger partial charge on any atom is -0.432 e. The predicted molar refractivity (Wildman–Crippen MR) is 113 cm³/mol. The zero-order valence-electron chi connectivity index (χ0n) is 17.9. The molecule has 0 spiro atoms. The van der Waals surface area contributed by atoms with Crippen molar-refractivity contribution in [2.24, 2.45) is 11.8 Å². The van der Waals surface area contributed by atoms with Gasteiger partial charge in [0.05, 0.1) is 5.92 Å². The van der Waals surface area contributed by atoms with Crippen LogP contribution < -0.4 is 4.90 Å². The Kier molecular flexibility index (Phi) is 6.44. The summed E-state index contributed by atoms with van der Waals surface area (Å²) in [5, 5.41) is 0.699. The number of amides is 1. The van der Waals surface area contributed by atoms with Crippen molar-refractivity contribution in [3.05, 3.63) is 29.3 Å². The van der Waals surface area contributed by atoms with E-state index in [1.807, 2.05) is 49.9 Å². The molecule has 1 amide bonds. The lowest BCUT2D eigenvalue weighted by Crippen LogP contribution is -2.57. The molecule has 29 heavy (non-hydrogen) atoms. The van der Waals surface area contributed by atoms with Crippen LogP contribution in [0.5, 0.6) is 0 Å². The second-order valence-corrected chi connectivity index (χ2v) is 9.34. The average Bonchev–Trinajstić information content (AvgIpc) is 2.91. The van der Waals surface area contributed by atoms with Gasteiger partial charge in [0.1, 0.15) is 0 Å². The summed E-state index contributed by atoms with van der Waals surface area (Å²) in [6.07, 6.45) is -0.270. The van der Waals surface area contributed by atoms with E-state index in [4.69, 9.17) is 21.1 Å². The molecule has 7 heteroatoms. The third-order valence-corrected chi connectivity index (χ3v) is 5.72. The molecule has 2 saturated heterocycles. The average molecular weight is 423 g/mol. The molecule has 2 heterocycles. The Balaban J connectivity index is 1.74. The zero-order valence-corrected chi connectivity index (χ0v) is 18.6. The van der Waals surface area contributed by atoms with Crippen LogP contribution in [-0.2, 0) is 19.1 Å². The van der Waals surface area contributed by atoms with Gasteiger partial charge in [-0.25, -0.2) is 4.79 Å². The number of benzene rings is 1. The molecule has 1 aromatic carbocycles. The topological polar surface area (TPSA) is 59.1 Å². The molecule has 0 N–H and O–H groups in total. The zero-order chi connectivity index (χ0) is 21.3. The summed E-state index contributed by atoms with van der Waals surface area (Å²) >= 11 is 6.13. The molecule has 0 aromatic heterocycles. The summed E-state index contributed by atoms with van der Waals surface area (Å²) in [4.78, 5) is 30.0. The van der Waals surface area contributed by atoms with Gasteiger partial charge in [-0.3, -0.25) is 4.79 Å². The first-order chi connectivity index (χ1) is 13.6. The summed E-state index contributed by atoms with van der Waals surface area (Å²) in [6, 6.07) is 7.77. The molecule has 2 aliphatic rings. The van der Waals surface area contributed by atoms with Crippen LogP contribution in [0.4, 0.5) is 5.69 Å². The van der Waals surface area contributed by atoms with Crippen LogP contribution in [0.25, 0.3) is 0 Å². The molecule has 6 nitrogen and oxygen atoms in total. The first kappa shape index (κ1) is 21.9. The normalized spacial score (nSPS) is 25.3. The van der Waals surface area contributed by atoms with Gasteiger partial charge >= 0.3 is 5.97 Å². The maximum atomic E-state index is 13.5. The Bertz CT molecular complexity index is 767. The van der Waals surface area contributed by atoms with E-state index in [1.165, 1.54) is 0 Å². The molecule has 0 bridgehead atoms. The van der Waals surface area contributed by atoms with Gasteiger partial charge in [0, 0.05) is 50.2 Å². The van der Waals surface area contributed by atoms with Crippen molar-refractivity contribution in [3.8, 4) is 0 Å². The van der Waals surface area contributed by atoms with Crippen LogP contribution in [0.2, 0.25) is 5.02 Å². The fraction of sp³-hybridized carbons (Fsp3) is 0.636. The molecule has 3 rings (SSSR count). The molecule has 0 unspecified atom stereocenters. The second kappa shape index (κ2) is 8.52. The van der Waals surface area contributed by atoms with Gasteiger partial charge in [-0.05, 0) is 37.5 Å². The van der Waals surface area contributed by atoms with Crippen LogP contribution in [0.3, 0.4) is 0 Å². The van der Waals surface area contributed by atoms with Gasteiger partial charge < -0.3 is 19.3 Å². The maximum Gasteiger partial charge on any atom is 0.338 e. The van der Waals surface area contributed by atoms with Gasteiger partial charge in [0.2, 0.25) is 11.7 Å². The van der Waals surface area contributed by atoms with Gasteiger partial charge in [-0.2, -0.15) is 0 Å². The highest BCUT2D eigenvalue weighted by Gasteiger charge is 2.49. The molecule has 3 atom stereocenters. The smallest absolute Gasteiger partial charge is 0.338 e. The van der Waals surface area contributed by atoms with E-state index in [0.717, 1.165) is 5.69 Å². The van der Waals surface area contributed by atoms with E-state index >= 15 is 0 Å². The SMILES string of the molecule is CC(C)C[C@H](C(=O)N1CCN(c2cccc(Cl)c2)C[C@H]1C)[C@@H]1OC(C)(C)OC1=O. The number of anilines is 1. The number of halogens is 1. The summed E-state index contributed by atoms with van der Waals surface area (Å²) in [5.74, 6) is -1.75. The summed E-state index contributed by atoms with van der Waals surface area (Å²) in [5.41, 5.74) is 1.06. The number of ether oxygens (including phenoxy) is 2. The van der Waals surface area contributed by atoms with Gasteiger partial charge in [-0.15, -0.1) is 0 Å². The molecule has 160 valence electrons. The van der Waals surface area contributed by atoms with Crippen molar-refractivity contribution < 1.29 is 19.1 Å². The summed E-state index contributed by atoms with van der Waals surface area (Å²) < 4.78 is 11.2. The number of hydrogen-bond donors (Lipinski definition) is 0. The highest BCUT2D eigenvalue weighted by molar-refractivity contribution is 6.30. The van der Waals surface area contributed by atoms with Crippen LogP contribution in [-0.4, -0.2) is 54.3 Å². The minimum absolute atomic E-state index is 0.00956. The summed E-state index contributed by atoms with van der Waals surface area (Å²) in [7, 11) is 0. The lowest BCUT2D eigenvalue weighted by molar-refractivity contribution is -0.163. The van der Waals surface area contributed by atoms with E-state index in [-0.39, 0.29) is 17.9 Å². The quantitative estimate of drug-likeness (QED) is 0.677. The van der Waals surface area contributed by atoms with E-state index in [9.17, 15) is 9.59 Å². The van der Waals surface area contributed by atoms with Crippen LogP contribution >= 0.6 is 11.6 Å². The van der Waals surface area contributed by atoms with E-state index < -0.39 is 23.8 Å². The standard InChI is InChI=1S/C22H31ClN2O4/c1-14(2)11-18(19-21(27)29-22(4,5)28-19)20(26)25-10-9-24(13-15(25)3)17-8-6-7-16(23)12-17/h6-8,12,14-15,18-19H,9-11,13H2,1-5H3/t15-,18+,19+/m1/s1. The monoisotopic (exact) mass is 422 g/mol. The molecular formula is C22H31ClN2O4. The number of esters is 1. The predicted octanol–water partition coefficient (Wildman–Crippen LogP) is 3.72. The van der Waals surface area contributed by atoms with Gasteiger partial charge in [0.15, 0.2) is 6.10 Å². The first-order valence-corrected chi connectivity index (χ1v) is 10.7. The van der Waals surface area contributed by atoms with Crippen LogP contribution in [0, 0.1) is 11.8 Å². The Hall–Kier alpha value is -1.79. The largest absolute Gasteiger partial charge is 0.432 e. The number of carbonyl (C=O) groups is 2. The lowest BCUT2D eigenvalue weighted by Gasteiger charge is -2.42. The molecule has 1 aromatic rings. The summed E-state index contributed by atoms with van der Waals surface area (Å²) in [6.45, 7) is 11.6. The molecule has 0 radical (unpaired) electrons. The van der Waals surface area contributed by atoms with Crippen LogP contribution in [0.15, 0.2) is 24.3 Å². The molecule has 2 fully saturated rings. The molecular weight excluding hydrogens is 392 g/mol. The van der Waals surface area contributed by atoms with Crippen molar-refractivity contribution in [2.45, 2.75) is 59.0 Å². The fourth-order valence-electron chi connectivity index (χ4n) is 4.19. The number of carbonyl (C=O) groups excluding carboxylic acids is 2. The lowest BCUT2D eigenvalue weighted by atomic mass is 9.90. The van der Waals surface area contributed by atoms with Crippen LogP contribution in [0.1, 0.15) is 41.0 Å². The molecule has 2 aliphatic heterocycles. The minimum atomic E-state index is -0.992. The van der Waals surface area contributed by atoms with E-state index in [2.05, 4.69) is 4.90 Å². The van der Waals surface area contributed by atoms with E-state index in [1.54, 1.807) is 13.8 Å². The fourth-order valence-corrected chi connectivity index (χ4v) is 4.38. The number of hydrogen-bond acceptors (Lipinski definition) is 5. The Morgan fingerprint density at radius 2 is 2.03 bits per heavy atom. The van der Waals surface area contributed by atoms with Crippen molar-refractivity contribution in [2.75, 3.05) is 24.5 Å². The highest BCUT2D eigenvalue weighted by Crippen LogP contribution is 2.33. The number of piperazine rings is 1.